The van der Waals surface area contributed by atoms with Gasteiger partial charge in [0.05, 0.1) is 5.56 Å². The maximum Gasteiger partial charge on any atom is 0.231 e. The quantitative estimate of drug-likeness (QED) is 0.541. The molecule has 1 fully saturated rings. The van der Waals surface area contributed by atoms with Gasteiger partial charge in [-0.15, -0.1) is 0 Å². The third kappa shape index (κ3) is 3.09. The fraction of sp³-hybridized carbons (Fsp3) is 0.217. The van der Waals surface area contributed by atoms with Crippen molar-refractivity contribution in [2.24, 2.45) is 0 Å². The topological polar surface area (TPSA) is 68.2 Å². The second kappa shape index (κ2) is 7.00. The van der Waals surface area contributed by atoms with Crippen molar-refractivity contribution in [2.45, 2.75) is 19.3 Å². The maximum absolute atomic E-state index is 6.15. The number of fused-ring (bicyclic) bond motifs is 1. The van der Waals surface area contributed by atoms with Gasteiger partial charge in [0.15, 0.2) is 5.58 Å². The number of pyridine rings is 1. The molecule has 1 aliphatic rings. The summed E-state index contributed by atoms with van der Waals surface area (Å²) in [5.41, 5.74) is 11.8. The van der Waals surface area contributed by atoms with E-state index in [1.54, 1.807) is 0 Å². The number of hydrogen-bond acceptors (Lipinski definition) is 5. The average molecular weight is 370 g/mol. The summed E-state index contributed by atoms with van der Waals surface area (Å²) in [7, 11) is 0. The van der Waals surface area contributed by atoms with E-state index in [-0.39, 0.29) is 0 Å². The van der Waals surface area contributed by atoms with E-state index in [1.165, 1.54) is 24.9 Å². The molecule has 5 rings (SSSR count). The number of benzene rings is 2. The lowest BCUT2D eigenvalue weighted by Crippen LogP contribution is -2.29. The number of oxazole rings is 1. The first kappa shape index (κ1) is 16.8. The van der Waals surface area contributed by atoms with Crippen LogP contribution >= 0.6 is 0 Å². The van der Waals surface area contributed by atoms with Crippen LogP contribution in [0, 0.1) is 0 Å². The Morgan fingerprint density at radius 1 is 0.893 bits per heavy atom. The van der Waals surface area contributed by atoms with Crippen molar-refractivity contribution in [1.29, 1.82) is 0 Å². The van der Waals surface area contributed by atoms with Gasteiger partial charge in [-0.2, -0.15) is 0 Å². The first-order valence-electron chi connectivity index (χ1n) is 9.75. The molecule has 28 heavy (non-hydrogen) atoms. The Hall–Kier alpha value is -3.34. The molecule has 0 unspecified atom stereocenters. The molecule has 5 nitrogen and oxygen atoms in total. The second-order valence-corrected chi connectivity index (χ2v) is 7.24. The maximum atomic E-state index is 6.15. The smallest absolute Gasteiger partial charge is 0.231 e. The number of para-hydroxylation sites is 2. The Labute approximate surface area is 163 Å². The summed E-state index contributed by atoms with van der Waals surface area (Å²) in [6, 6.07) is 18.3. The molecule has 140 valence electrons. The molecule has 3 heterocycles. The lowest BCUT2D eigenvalue weighted by atomic mass is 10.0. The first-order valence-corrected chi connectivity index (χ1v) is 9.75. The lowest BCUT2D eigenvalue weighted by molar-refractivity contribution is 0.578. The zero-order valence-corrected chi connectivity index (χ0v) is 15.6. The largest absolute Gasteiger partial charge is 0.436 e. The zero-order valence-electron chi connectivity index (χ0n) is 15.6. The van der Waals surface area contributed by atoms with Crippen LogP contribution in [0.1, 0.15) is 19.3 Å². The lowest BCUT2D eigenvalue weighted by Gasteiger charge is -2.29. The van der Waals surface area contributed by atoms with Crippen LogP contribution in [-0.2, 0) is 0 Å². The summed E-state index contributed by atoms with van der Waals surface area (Å²) >= 11 is 0. The molecule has 0 bridgehead atoms. The molecule has 1 aliphatic heterocycles. The normalized spacial score (nSPS) is 14.5. The fourth-order valence-electron chi connectivity index (χ4n) is 3.83. The van der Waals surface area contributed by atoms with Crippen molar-refractivity contribution in [3.8, 4) is 22.6 Å². The number of hydrogen-bond donors (Lipinski definition) is 1. The van der Waals surface area contributed by atoms with Gasteiger partial charge in [-0.1, -0.05) is 24.3 Å². The average Bonchev–Trinajstić information content (AvgIpc) is 3.19. The molecule has 0 spiro atoms. The summed E-state index contributed by atoms with van der Waals surface area (Å²) < 4.78 is 5.91. The zero-order chi connectivity index (χ0) is 18.9. The molecule has 0 radical (unpaired) electrons. The van der Waals surface area contributed by atoms with Crippen LogP contribution < -0.4 is 10.6 Å². The summed E-state index contributed by atoms with van der Waals surface area (Å²) in [6.07, 6.45) is 5.66. The van der Waals surface area contributed by atoms with Gasteiger partial charge in [0.2, 0.25) is 5.89 Å². The molecular weight excluding hydrogens is 348 g/mol. The van der Waals surface area contributed by atoms with E-state index in [4.69, 9.17) is 10.2 Å². The Morgan fingerprint density at radius 3 is 2.61 bits per heavy atom. The van der Waals surface area contributed by atoms with E-state index in [1.807, 2.05) is 36.5 Å². The predicted octanol–water partition coefficient (Wildman–Crippen LogP) is 5.13. The van der Waals surface area contributed by atoms with E-state index in [9.17, 15) is 0 Å². The van der Waals surface area contributed by atoms with Crippen molar-refractivity contribution in [1.82, 2.24) is 9.97 Å². The minimum Gasteiger partial charge on any atom is -0.436 e. The number of nitrogens with two attached hydrogens (primary N) is 1. The van der Waals surface area contributed by atoms with Crippen molar-refractivity contribution in [3.05, 3.63) is 60.8 Å². The van der Waals surface area contributed by atoms with Crippen LogP contribution in [0.4, 0.5) is 11.5 Å². The van der Waals surface area contributed by atoms with Crippen LogP contribution in [0.15, 0.2) is 65.2 Å². The van der Waals surface area contributed by atoms with Gasteiger partial charge >= 0.3 is 0 Å². The van der Waals surface area contributed by atoms with Crippen LogP contribution in [0.2, 0.25) is 0 Å². The van der Waals surface area contributed by atoms with Gasteiger partial charge in [-0.25, -0.2) is 9.97 Å². The molecule has 0 aliphatic carbocycles. The Kier molecular flexibility index (Phi) is 4.20. The van der Waals surface area contributed by atoms with Crippen LogP contribution in [-0.4, -0.2) is 23.1 Å². The van der Waals surface area contributed by atoms with Gasteiger partial charge < -0.3 is 15.1 Å². The highest BCUT2D eigenvalue weighted by Crippen LogP contribution is 2.32. The van der Waals surface area contributed by atoms with Crippen LogP contribution in [0.5, 0.6) is 0 Å². The highest BCUT2D eigenvalue weighted by atomic mass is 16.3. The highest BCUT2D eigenvalue weighted by Gasteiger charge is 2.15. The summed E-state index contributed by atoms with van der Waals surface area (Å²) in [5.74, 6) is 0.919. The molecular formula is C23H22N4O. The van der Waals surface area contributed by atoms with Crippen molar-refractivity contribution in [3.63, 3.8) is 0 Å². The van der Waals surface area contributed by atoms with Crippen molar-refractivity contribution in [2.75, 3.05) is 23.7 Å². The molecule has 2 aromatic carbocycles. The number of aromatic nitrogens is 2. The highest BCUT2D eigenvalue weighted by molar-refractivity contribution is 5.81. The minimum absolute atomic E-state index is 0.419. The monoisotopic (exact) mass is 370 g/mol. The number of nitrogen functional groups attached to an aromatic ring is 1. The van der Waals surface area contributed by atoms with Gasteiger partial charge in [0, 0.05) is 30.5 Å². The number of nitrogens with zero attached hydrogens (tertiary/aromatic N) is 3. The Balaban J connectivity index is 1.54. The summed E-state index contributed by atoms with van der Waals surface area (Å²) in [6.45, 7) is 2.25. The minimum atomic E-state index is 0.419. The molecule has 0 saturated carbocycles. The Bertz CT molecular complexity index is 1100. The van der Waals surface area contributed by atoms with Crippen molar-refractivity contribution < 1.29 is 4.42 Å². The van der Waals surface area contributed by atoms with E-state index in [0.717, 1.165) is 40.9 Å². The summed E-state index contributed by atoms with van der Waals surface area (Å²) in [5, 5.41) is 0. The third-order valence-electron chi connectivity index (χ3n) is 5.34. The molecule has 5 heteroatoms. The van der Waals surface area contributed by atoms with Crippen LogP contribution in [0.25, 0.3) is 33.7 Å². The van der Waals surface area contributed by atoms with Gasteiger partial charge in [0.25, 0.3) is 0 Å². The van der Waals surface area contributed by atoms with Gasteiger partial charge in [0.1, 0.15) is 11.3 Å². The number of piperidine rings is 1. The van der Waals surface area contributed by atoms with Gasteiger partial charge in [-0.05, 0) is 55.2 Å². The van der Waals surface area contributed by atoms with E-state index in [0.29, 0.717) is 11.7 Å². The second-order valence-electron chi connectivity index (χ2n) is 7.24. The molecule has 2 aromatic heterocycles. The van der Waals surface area contributed by atoms with E-state index >= 15 is 0 Å². The third-order valence-corrected chi connectivity index (χ3v) is 5.34. The molecule has 0 atom stereocenters. The standard InChI is InChI=1S/C23H22N4O/c24-22-19(23-26-20-9-2-3-10-21(20)28-23)14-17(15-25-22)16-7-6-8-18(13-16)27-11-4-1-5-12-27/h2-3,6-10,13-15H,1,4-5,11-12H2,(H2,24,25). The van der Waals surface area contributed by atoms with Crippen molar-refractivity contribution >= 4 is 22.6 Å². The molecule has 0 amide bonds. The number of anilines is 2. The SMILES string of the molecule is Nc1ncc(-c2cccc(N3CCCCC3)c2)cc1-c1nc2ccccc2o1. The first-order chi connectivity index (χ1) is 13.8. The fourth-order valence-corrected chi connectivity index (χ4v) is 3.83. The van der Waals surface area contributed by atoms with E-state index < -0.39 is 0 Å². The van der Waals surface area contributed by atoms with Crippen LogP contribution in [0.3, 0.4) is 0 Å². The predicted molar refractivity (Wildman–Crippen MR) is 113 cm³/mol. The van der Waals surface area contributed by atoms with E-state index in [2.05, 4.69) is 39.1 Å². The van der Waals surface area contributed by atoms with Gasteiger partial charge in [-0.3, -0.25) is 0 Å². The molecule has 4 aromatic rings. The Morgan fingerprint density at radius 2 is 1.75 bits per heavy atom. The summed E-state index contributed by atoms with van der Waals surface area (Å²) in [4.78, 5) is 11.4. The molecule has 1 saturated heterocycles. The number of rotatable bonds is 3. The molecule has 2 N–H and O–H groups in total.